The Labute approximate surface area is 184 Å². The van der Waals surface area contributed by atoms with Crippen LogP contribution in [0, 0.1) is 17.8 Å². The number of hydrogen-bond donors (Lipinski definition) is 2. The summed E-state index contributed by atoms with van der Waals surface area (Å²) in [5.74, 6) is 1.17. The van der Waals surface area contributed by atoms with E-state index in [1.165, 1.54) is 19.3 Å². The number of amides is 2. The van der Waals surface area contributed by atoms with Crippen molar-refractivity contribution in [1.29, 1.82) is 0 Å². The summed E-state index contributed by atoms with van der Waals surface area (Å²) < 4.78 is 0. The molecule has 172 valence electrons. The molecule has 2 atom stereocenters. The number of hydrogen-bond acceptors (Lipinski definition) is 3. The van der Waals surface area contributed by atoms with Crippen LogP contribution in [0.25, 0.3) is 0 Å². The largest absolute Gasteiger partial charge is 0.353 e. The molecule has 0 aromatic heterocycles. The van der Waals surface area contributed by atoms with Crippen LogP contribution in [0.1, 0.15) is 98.8 Å². The van der Waals surface area contributed by atoms with Crippen molar-refractivity contribution in [2.75, 3.05) is 7.05 Å². The highest BCUT2D eigenvalue weighted by molar-refractivity contribution is 5.81. The minimum atomic E-state index is 0.0635. The van der Waals surface area contributed by atoms with Crippen LogP contribution in [0.15, 0.2) is 0 Å². The van der Waals surface area contributed by atoms with Crippen LogP contribution < -0.4 is 10.6 Å². The molecule has 0 aromatic carbocycles. The molecule has 3 aliphatic rings. The standard InChI is InChI=1S/C25H45N3O2/c1-17-9-7-8-10-21(17)27-23(30)19-13-11-18(12-14-19)22(29)26-20-15-24(2,3)28(6)25(4,5)16-20/h17-21H,7-16H2,1-6H3,(H,26,29)(H,27,30). The second-order valence-corrected chi connectivity index (χ2v) is 11.7. The summed E-state index contributed by atoms with van der Waals surface area (Å²) >= 11 is 0. The summed E-state index contributed by atoms with van der Waals surface area (Å²) in [6, 6.07) is 0.580. The zero-order valence-electron chi connectivity index (χ0n) is 20.2. The van der Waals surface area contributed by atoms with Crippen LogP contribution in [0.3, 0.4) is 0 Å². The molecule has 5 nitrogen and oxygen atoms in total. The number of nitrogens with zero attached hydrogens (tertiary/aromatic N) is 1. The second kappa shape index (κ2) is 9.18. The molecule has 2 saturated carbocycles. The predicted octanol–water partition coefficient (Wildman–Crippen LogP) is 4.26. The van der Waals surface area contributed by atoms with Crippen LogP contribution in [0.2, 0.25) is 0 Å². The lowest BCUT2D eigenvalue weighted by molar-refractivity contribution is -0.132. The van der Waals surface area contributed by atoms with Crippen LogP contribution in [-0.2, 0) is 9.59 Å². The van der Waals surface area contributed by atoms with Crippen LogP contribution in [0.4, 0.5) is 0 Å². The first kappa shape index (κ1) is 23.6. The maximum atomic E-state index is 13.0. The van der Waals surface area contributed by atoms with E-state index in [1.54, 1.807) is 0 Å². The Bertz CT molecular complexity index is 604. The van der Waals surface area contributed by atoms with Gasteiger partial charge in [-0.15, -0.1) is 0 Å². The molecule has 0 bridgehead atoms. The van der Waals surface area contributed by atoms with E-state index in [0.29, 0.717) is 12.0 Å². The van der Waals surface area contributed by atoms with Gasteiger partial charge in [0.15, 0.2) is 0 Å². The molecule has 2 N–H and O–H groups in total. The highest BCUT2D eigenvalue weighted by atomic mass is 16.2. The Kier molecular flexibility index (Phi) is 7.21. The van der Waals surface area contributed by atoms with Crippen molar-refractivity contribution >= 4 is 11.8 Å². The monoisotopic (exact) mass is 419 g/mol. The molecule has 3 rings (SSSR count). The van der Waals surface area contributed by atoms with Gasteiger partial charge in [-0.05, 0) is 92.0 Å². The second-order valence-electron chi connectivity index (χ2n) is 11.7. The maximum absolute atomic E-state index is 13.0. The van der Waals surface area contributed by atoms with Crippen LogP contribution in [-0.4, -0.2) is 46.9 Å². The highest BCUT2D eigenvalue weighted by Gasteiger charge is 2.44. The fourth-order valence-electron chi connectivity index (χ4n) is 6.24. The lowest BCUT2D eigenvalue weighted by atomic mass is 9.76. The molecule has 1 aliphatic heterocycles. The third-order valence-corrected chi connectivity index (χ3v) is 8.56. The van der Waals surface area contributed by atoms with Gasteiger partial charge < -0.3 is 10.6 Å². The molecule has 3 fully saturated rings. The van der Waals surface area contributed by atoms with E-state index in [9.17, 15) is 9.59 Å². The van der Waals surface area contributed by atoms with Crippen molar-refractivity contribution in [3.05, 3.63) is 0 Å². The molecule has 2 amide bonds. The van der Waals surface area contributed by atoms with Crippen molar-refractivity contribution in [1.82, 2.24) is 15.5 Å². The Balaban J connectivity index is 1.46. The first-order chi connectivity index (χ1) is 14.0. The fraction of sp³-hybridized carbons (Fsp3) is 0.920. The summed E-state index contributed by atoms with van der Waals surface area (Å²) in [4.78, 5) is 28.2. The smallest absolute Gasteiger partial charge is 0.223 e. The molecule has 5 heteroatoms. The van der Waals surface area contributed by atoms with Gasteiger partial charge in [-0.2, -0.15) is 0 Å². The SMILES string of the molecule is CC1CCCCC1NC(=O)C1CCC(C(=O)NC2CC(C)(C)N(C)C(C)(C)C2)CC1. The van der Waals surface area contributed by atoms with Gasteiger partial charge in [0.2, 0.25) is 11.8 Å². The lowest BCUT2D eigenvalue weighted by Crippen LogP contribution is -2.63. The van der Waals surface area contributed by atoms with Crippen LogP contribution in [0.5, 0.6) is 0 Å². The van der Waals surface area contributed by atoms with Crippen molar-refractivity contribution in [2.24, 2.45) is 17.8 Å². The van der Waals surface area contributed by atoms with Gasteiger partial charge >= 0.3 is 0 Å². The summed E-state index contributed by atoms with van der Waals surface area (Å²) in [7, 11) is 2.19. The highest BCUT2D eigenvalue weighted by Crippen LogP contribution is 2.37. The van der Waals surface area contributed by atoms with Crippen molar-refractivity contribution in [3.8, 4) is 0 Å². The minimum absolute atomic E-state index is 0.0635. The molecule has 2 unspecified atom stereocenters. The molecular formula is C25H45N3O2. The first-order valence-electron chi connectivity index (χ1n) is 12.3. The van der Waals surface area contributed by atoms with Crippen molar-refractivity contribution < 1.29 is 9.59 Å². The quantitative estimate of drug-likeness (QED) is 0.716. The van der Waals surface area contributed by atoms with Crippen molar-refractivity contribution in [3.63, 3.8) is 0 Å². The fourth-order valence-corrected chi connectivity index (χ4v) is 6.24. The van der Waals surface area contributed by atoms with Gasteiger partial charge in [-0.3, -0.25) is 14.5 Å². The molecule has 0 radical (unpaired) electrons. The molecule has 1 heterocycles. The summed E-state index contributed by atoms with van der Waals surface area (Å²) in [6.45, 7) is 11.3. The van der Waals surface area contributed by atoms with Crippen molar-refractivity contribution in [2.45, 2.75) is 122 Å². The first-order valence-corrected chi connectivity index (χ1v) is 12.3. The van der Waals surface area contributed by atoms with E-state index < -0.39 is 0 Å². The maximum Gasteiger partial charge on any atom is 0.223 e. The predicted molar refractivity (Wildman–Crippen MR) is 122 cm³/mol. The Morgan fingerprint density at radius 1 is 0.767 bits per heavy atom. The molecule has 1 saturated heterocycles. The van der Waals surface area contributed by atoms with E-state index in [0.717, 1.165) is 44.9 Å². The Morgan fingerprint density at radius 3 is 1.73 bits per heavy atom. The topological polar surface area (TPSA) is 61.4 Å². The number of carbonyl (C=O) groups is 2. The molecule has 0 aromatic rings. The van der Waals surface area contributed by atoms with E-state index in [1.807, 2.05) is 0 Å². The molecule has 0 spiro atoms. The van der Waals surface area contributed by atoms with Gasteiger partial charge in [0.1, 0.15) is 0 Å². The third-order valence-electron chi connectivity index (χ3n) is 8.56. The summed E-state index contributed by atoms with van der Waals surface area (Å²) in [5, 5.41) is 6.70. The Hall–Kier alpha value is -1.10. The summed E-state index contributed by atoms with van der Waals surface area (Å²) in [5.41, 5.74) is 0.150. The zero-order valence-corrected chi connectivity index (χ0v) is 20.2. The van der Waals surface area contributed by atoms with E-state index in [4.69, 9.17) is 0 Å². The van der Waals surface area contributed by atoms with E-state index in [-0.39, 0.29) is 40.8 Å². The molecular weight excluding hydrogens is 374 g/mol. The van der Waals surface area contributed by atoms with Gasteiger partial charge in [-0.25, -0.2) is 0 Å². The van der Waals surface area contributed by atoms with E-state index >= 15 is 0 Å². The van der Waals surface area contributed by atoms with Gasteiger partial charge in [0, 0.05) is 35.0 Å². The average molecular weight is 420 g/mol. The number of carbonyl (C=O) groups excluding carboxylic acids is 2. The van der Waals surface area contributed by atoms with Crippen LogP contribution >= 0.6 is 0 Å². The normalized spacial score (nSPS) is 34.9. The summed E-state index contributed by atoms with van der Waals surface area (Å²) in [6.07, 6.45) is 10.2. The van der Waals surface area contributed by atoms with Gasteiger partial charge in [-0.1, -0.05) is 19.8 Å². The Morgan fingerprint density at radius 2 is 1.23 bits per heavy atom. The van der Waals surface area contributed by atoms with Gasteiger partial charge in [0.05, 0.1) is 0 Å². The number of piperidine rings is 1. The number of nitrogens with one attached hydrogen (secondary N) is 2. The molecule has 30 heavy (non-hydrogen) atoms. The minimum Gasteiger partial charge on any atom is -0.353 e. The molecule has 2 aliphatic carbocycles. The number of rotatable bonds is 4. The van der Waals surface area contributed by atoms with E-state index in [2.05, 4.69) is 57.2 Å². The third kappa shape index (κ3) is 5.38. The average Bonchev–Trinajstić information content (AvgIpc) is 2.67. The lowest BCUT2D eigenvalue weighted by Gasteiger charge is -2.53. The number of likely N-dealkylation sites (tertiary alicyclic amines) is 1. The zero-order chi connectivity index (χ0) is 22.1. The van der Waals surface area contributed by atoms with Gasteiger partial charge in [0.25, 0.3) is 0 Å².